The third kappa shape index (κ3) is 5.37. The van der Waals surface area contributed by atoms with E-state index in [-0.39, 0.29) is 18.4 Å². The molecule has 1 saturated heterocycles. The summed E-state index contributed by atoms with van der Waals surface area (Å²) in [5.74, 6) is 1.13. The lowest BCUT2D eigenvalue weighted by Gasteiger charge is -2.35. The lowest BCUT2D eigenvalue weighted by atomic mass is 9.96. The lowest BCUT2D eigenvalue weighted by Crippen LogP contribution is -2.47. The smallest absolute Gasteiger partial charge is 0.258 e. The van der Waals surface area contributed by atoms with Crippen LogP contribution in [0.2, 0.25) is 0 Å². The summed E-state index contributed by atoms with van der Waals surface area (Å²) >= 11 is 0. The van der Waals surface area contributed by atoms with Crippen molar-refractivity contribution >= 4 is 17.5 Å². The predicted molar refractivity (Wildman–Crippen MR) is 126 cm³/mol. The highest BCUT2D eigenvalue weighted by atomic mass is 16.5. The number of rotatable bonds is 7. The number of hydrogen-bond acceptors (Lipinski definition) is 4. The maximum atomic E-state index is 13.3. The molecule has 2 aliphatic rings. The van der Waals surface area contributed by atoms with Crippen LogP contribution in [0.1, 0.15) is 23.2 Å². The molecule has 0 aliphatic carbocycles. The number of para-hydroxylation sites is 1. The topological polar surface area (TPSA) is 53.1 Å². The number of nitrogens with zero attached hydrogens (tertiary/aromatic N) is 3. The summed E-state index contributed by atoms with van der Waals surface area (Å²) in [6, 6.07) is 16.4. The van der Waals surface area contributed by atoms with E-state index in [0.29, 0.717) is 17.2 Å². The lowest BCUT2D eigenvalue weighted by molar-refractivity contribution is -0.131. The molecule has 1 fully saturated rings. The van der Waals surface area contributed by atoms with Gasteiger partial charge in [-0.25, -0.2) is 0 Å². The Bertz CT molecular complexity index is 927. The van der Waals surface area contributed by atoms with Crippen LogP contribution in [0.3, 0.4) is 0 Å². The Kier molecular flexibility index (Phi) is 7.22. The zero-order valence-electron chi connectivity index (χ0n) is 18.7. The minimum atomic E-state index is -0.191. The number of anilines is 1. The molecule has 32 heavy (non-hydrogen) atoms. The highest BCUT2D eigenvalue weighted by molar-refractivity contribution is 6.08. The van der Waals surface area contributed by atoms with E-state index in [2.05, 4.69) is 17.1 Å². The molecule has 2 heterocycles. The van der Waals surface area contributed by atoms with Crippen LogP contribution in [0.25, 0.3) is 0 Å². The molecular weight excluding hydrogens is 402 g/mol. The van der Waals surface area contributed by atoms with Gasteiger partial charge in [0.1, 0.15) is 12.3 Å². The second kappa shape index (κ2) is 10.5. The minimum absolute atomic E-state index is 0.00277. The van der Waals surface area contributed by atoms with Gasteiger partial charge in [-0.2, -0.15) is 0 Å². The Morgan fingerprint density at radius 2 is 1.62 bits per heavy atom. The van der Waals surface area contributed by atoms with Crippen molar-refractivity contribution in [1.82, 2.24) is 9.80 Å². The molecule has 2 amide bonds. The number of methoxy groups -OCH3 is 1. The van der Waals surface area contributed by atoms with Gasteiger partial charge in [0.25, 0.3) is 5.91 Å². The normalized spacial score (nSPS) is 16.8. The molecule has 6 nitrogen and oxygen atoms in total. The monoisotopic (exact) mass is 433 g/mol. The number of carbonyl (C=O) groups excluding carboxylic acids is 2. The average molecular weight is 434 g/mol. The molecule has 0 aromatic heterocycles. The minimum Gasteiger partial charge on any atom is -0.497 e. The maximum Gasteiger partial charge on any atom is 0.258 e. The summed E-state index contributed by atoms with van der Waals surface area (Å²) in [6.07, 6.45) is 6.47. The number of likely N-dealkylation sites (tertiary alicyclic amines) is 1. The Hall–Kier alpha value is -3.12. The fourth-order valence-electron chi connectivity index (χ4n) is 4.41. The molecule has 0 atom stereocenters. The zero-order chi connectivity index (χ0) is 22.3. The van der Waals surface area contributed by atoms with E-state index < -0.39 is 0 Å². The Labute approximate surface area is 190 Å². The summed E-state index contributed by atoms with van der Waals surface area (Å²) in [6.45, 7) is 4.72. The van der Waals surface area contributed by atoms with Crippen molar-refractivity contribution in [2.75, 3.05) is 51.3 Å². The summed E-state index contributed by atoms with van der Waals surface area (Å²) in [5, 5.41) is 0. The van der Waals surface area contributed by atoms with Gasteiger partial charge in [0.15, 0.2) is 0 Å². The third-order valence-electron chi connectivity index (χ3n) is 6.32. The maximum absolute atomic E-state index is 13.3. The van der Waals surface area contributed by atoms with Crippen LogP contribution in [-0.2, 0) is 4.79 Å². The van der Waals surface area contributed by atoms with Crippen LogP contribution in [0.4, 0.5) is 5.69 Å². The molecular formula is C26H31N3O3. The van der Waals surface area contributed by atoms with Gasteiger partial charge in [-0.05, 0) is 55.2 Å². The molecule has 0 bridgehead atoms. The fourth-order valence-corrected chi connectivity index (χ4v) is 4.41. The Morgan fingerprint density at radius 3 is 2.25 bits per heavy atom. The van der Waals surface area contributed by atoms with Crippen LogP contribution in [0, 0.1) is 5.92 Å². The van der Waals surface area contributed by atoms with Crippen LogP contribution < -0.4 is 9.64 Å². The van der Waals surface area contributed by atoms with E-state index in [4.69, 9.17) is 4.74 Å². The largest absolute Gasteiger partial charge is 0.497 e. The van der Waals surface area contributed by atoms with Gasteiger partial charge in [0.2, 0.25) is 5.91 Å². The van der Waals surface area contributed by atoms with Gasteiger partial charge in [0, 0.05) is 44.0 Å². The van der Waals surface area contributed by atoms with Crippen LogP contribution >= 0.6 is 0 Å². The summed E-state index contributed by atoms with van der Waals surface area (Å²) in [4.78, 5) is 32.4. The van der Waals surface area contributed by atoms with E-state index in [1.807, 2.05) is 35.2 Å². The van der Waals surface area contributed by atoms with E-state index >= 15 is 0 Å². The average Bonchev–Trinajstić information content (AvgIpc) is 3.36. The first-order chi connectivity index (χ1) is 15.6. The van der Waals surface area contributed by atoms with E-state index in [1.54, 1.807) is 36.3 Å². The molecule has 0 N–H and O–H groups in total. The summed E-state index contributed by atoms with van der Waals surface area (Å²) in [7, 11) is 1.59. The van der Waals surface area contributed by atoms with Crippen LogP contribution in [0.5, 0.6) is 5.75 Å². The summed E-state index contributed by atoms with van der Waals surface area (Å²) in [5.41, 5.74) is 1.25. The molecule has 168 valence electrons. The van der Waals surface area contributed by atoms with Crippen molar-refractivity contribution in [3.05, 3.63) is 72.3 Å². The first-order valence-corrected chi connectivity index (χ1v) is 11.3. The molecule has 6 heteroatoms. The van der Waals surface area contributed by atoms with Crippen molar-refractivity contribution < 1.29 is 14.3 Å². The molecule has 4 rings (SSSR count). The van der Waals surface area contributed by atoms with Crippen LogP contribution in [0.15, 0.2) is 66.7 Å². The van der Waals surface area contributed by atoms with Crippen molar-refractivity contribution in [2.24, 2.45) is 5.92 Å². The Balaban J connectivity index is 1.40. The summed E-state index contributed by atoms with van der Waals surface area (Å²) < 4.78 is 5.20. The molecule has 2 aliphatic heterocycles. The number of ether oxygens (including phenoxy) is 1. The van der Waals surface area contributed by atoms with E-state index in [0.717, 1.165) is 51.3 Å². The van der Waals surface area contributed by atoms with Gasteiger partial charge >= 0.3 is 0 Å². The highest BCUT2D eigenvalue weighted by Gasteiger charge is 2.28. The van der Waals surface area contributed by atoms with Gasteiger partial charge in [-0.1, -0.05) is 30.4 Å². The van der Waals surface area contributed by atoms with Gasteiger partial charge < -0.3 is 9.64 Å². The van der Waals surface area contributed by atoms with Crippen LogP contribution in [-0.4, -0.2) is 68.0 Å². The predicted octanol–water partition coefficient (Wildman–Crippen LogP) is 3.45. The molecule has 0 saturated carbocycles. The molecule has 0 radical (unpaired) electrons. The second-order valence-corrected chi connectivity index (χ2v) is 8.47. The zero-order valence-corrected chi connectivity index (χ0v) is 18.7. The first-order valence-electron chi connectivity index (χ1n) is 11.3. The molecule has 2 aromatic carbocycles. The quantitative estimate of drug-likeness (QED) is 0.628. The Morgan fingerprint density at radius 1 is 0.969 bits per heavy atom. The number of amides is 2. The fraction of sp³-hybridized carbons (Fsp3) is 0.385. The van der Waals surface area contributed by atoms with E-state index in [1.165, 1.54) is 0 Å². The van der Waals surface area contributed by atoms with Crippen molar-refractivity contribution in [2.45, 2.75) is 12.8 Å². The second-order valence-electron chi connectivity index (χ2n) is 8.47. The van der Waals surface area contributed by atoms with Crippen molar-refractivity contribution in [3.8, 4) is 5.75 Å². The highest BCUT2D eigenvalue weighted by Crippen LogP contribution is 2.22. The number of piperidine rings is 1. The number of carbonyl (C=O) groups is 2. The van der Waals surface area contributed by atoms with Gasteiger partial charge in [0.05, 0.1) is 7.11 Å². The number of hydrogen-bond donors (Lipinski definition) is 0. The standard InChI is InChI=1S/C26H31N3O3/c1-32-24-11-9-22(10-12-24)26(31)29(23-7-3-2-4-8-23)20-25(30)28-17-13-21(14-18-28)19-27-15-5-6-16-27/h2-12,21H,13-20H2,1H3. The van der Waals surface area contributed by atoms with Crippen molar-refractivity contribution in [1.29, 1.82) is 0 Å². The molecule has 0 spiro atoms. The van der Waals surface area contributed by atoms with Crippen molar-refractivity contribution in [3.63, 3.8) is 0 Å². The SMILES string of the molecule is COc1ccc(C(=O)N(CC(=O)N2CCC(CN3CC=CC3)CC2)c2ccccc2)cc1. The number of benzene rings is 2. The third-order valence-corrected chi connectivity index (χ3v) is 6.32. The first kappa shape index (κ1) is 22.1. The van der Waals surface area contributed by atoms with Gasteiger partial charge in [-0.15, -0.1) is 0 Å². The van der Waals surface area contributed by atoms with Gasteiger partial charge in [-0.3, -0.25) is 19.4 Å². The molecule has 2 aromatic rings. The van der Waals surface area contributed by atoms with E-state index in [9.17, 15) is 9.59 Å². The molecule has 0 unspecified atom stereocenters.